The summed E-state index contributed by atoms with van der Waals surface area (Å²) in [5, 5.41) is 10.6. The molecule has 1 aromatic carbocycles. The summed E-state index contributed by atoms with van der Waals surface area (Å²) in [5.74, 6) is -1.34. The molecular weight excluding hydrogens is 423 g/mol. The lowest BCUT2D eigenvalue weighted by Gasteiger charge is -2.20. The summed E-state index contributed by atoms with van der Waals surface area (Å²) >= 11 is 17.9. The molecule has 144 valence electrons. The minimum Gasteiger partial charge on any atom is -0.477 e. The molecule has 28 heavy (non-hydrogen) atoms. The van der Waals surface area contributed by atoms with E-state index in [2.05, 4.69) is 4.98 Å². The first-order chi connectivity index (χ1) is 13.3. The summed E-state index contributed by atoms with van der Waals surface area (Å²) in [4.78, 5) is 29.5. The Labute approximate surface area is 176 Å². The van der Waals surface area contributed by atoms with Crippen LogP contribution in [0.15, 0.2) is 41.2 Å². The average Bonchev–Trinajstić information content (AvgIpc) is 2.64. The smallest absolute Gasteiger partial charge is 0.341 e. The molecule has 0 radical (unpaired) electrons. The van der Waals surface area contributed by atoms with Crippen molar-refractivity contribution in [1.82, 2.24) is 9.55 Å². The molecule has 3 aromatic rings. The maximum atomic E-state index is 13.2. The van der Waals surface area contributed by atoms with Crippen LogP contribution in [0.1, 0.15) is 23.0 Å². The van der Waals surface area contributed by atoms with Gasteiger partial charge < -0.3 is 9.67 Å². The van der Waals surface area contributed by atoms with Gasteiger partial charge in [-0.25, -0.2) is 9.78 Å². The number of pyridine rings is 2. The fraction of sp³-hybridized carbons (Fsp3) is 0.150. The number of halogens is 3. The molecule has 0 bridgehead atoms. The van der Waals surface area contributed by atoms with Crippen molar-refractivity contribution in [2.45, 2.75) is 20.4 Å². The Morgan fingerprint density at radius 3 is 2.29 bits per heavy atom. The van der Waals surface area contributed by atoms with Crippen LogP contribution < -0.4 is 5.43 Å². The molecule has 0 spiro atoms. The van der Waals surface area contributed by atoms with Crippen molar-refractivity contribution in [2.75, 3.05) is 0 Å². The van der Waals surface area contributed by atoms with Crippen LogP contribution in [0.5, 0.6) is 0 Å². The number of rotatable bonds is 4. The van der Waals surface area contributed by atoms with E-state index in [1.165, 1.54) is 6.07 Å². The largest absolute Gasteiger partial charge is 0.477 e. The molecule has 0 amide bonds. The first kappa shape index (κ1) is 20.4. The Morgan fingerprint density at radius 1 is 1.11 bits per heavy atom. The maximum Gasteiger partial charge on any atom is 0.341 e. The number of carbonyl (C=O) groups is 1. The van der Waals surface area contributed by atoms with E-state index in [1.54, 1.807) is 41.8 Å². The van der Waals surface area contributed by atoms with E-state index in [1.807, 2.05) is 6.92 Å². The monoisotopic (exact) mass is 436 g/mol. The summed E-state index contributed by atoms with van der Waals surface area (Å²) in [5.41, 5.74) is 0.987. The van der Waals surface area contributed by atoms with Crippen LogP contribution >= 0.6 is 34.8 Å². The molecule has 0 unspecified atom stereocenters. The van der Waals surface area contributed by atoms with E-state index >= 15 is 0 Å². The fourth-order valence-corrected chi connectivity index (χ4v) is 3.59. The van der Waals surface area contributed by atoms with Gasteiger partial charge in [0.1, 0.15) is 10.7 Å². The summed E-state index contributed by atoms with van der Waals surface area (Å²) in [6, 6.07) is 9.75. The molecule has 0 saturated carbocycles. The van der Waals surface area contributed by atoms with E-state index in [-0.39, 0.29) is 27.1 Å². The number of aromatic nitrogens is 2. The third kappa shape index (κ3) is 3.53. The van der Waals surface area contributed by atoms with Gasteiger partial charge in [-0.15, -0.1) is 0 Å². The van der Waals surface area contributed by atoms with Crippen LogP contribution in [0.2, 0.25) is 15.2 Å². The SMILES string of the molecule is CCn1c(C)c(-c2ccc(Cl)cc2)c(=O)c(C(=O)O)c1-c1ccc(Cl)c(Cl)n1. The molecule has 2 heterocycles. The second-order valence-corrected chi connectivity index (χ2v) is 7.24. The van der Waals surface area contributed by atoms with Gasteiger partial charge in [0, 0.05) is 22.8 Å². The van der Waals surface area contributed by atoms with Crippen molar-refractivity contribution in [3.8, 4) is 22.5 Å². The van der Waals surface area contributed by atoms with Crippen molar-refractivity contribution in [3.63, 3.8) is 0 Å². The molecule has 1 N–H and O–H groups in total. The third-order valence-electron chi connectivity index (χ3n) is 4.44. The van der Waals surface area contributed by atoms with Gasteiger partial charge in [-0.1, -0.05) is 46.9 Å². The van der Waals surface area contributed by atoms with E-state index in [0.717, 1.165) is 0 Å². The number of aromatic carboxylic acids is 1. The molecule has 3 rings (SSSR count). The molecule has 0 fully saturated rings. The minimum atomic E-state index is -1.34. The van der Waals surface area contributed by atoms with Crippen LogP contribution in [0.3, 0.4) is 0 Å². The van der Waals surface area contributed by atoms with Gasteiger partial charge in [-0.2, -0.15) is 0 Å². The number of carboxylic acid groups (broad SMARTS) is 1. The Balaban J connectivity index is 2.44. The average molecular weight is 438 g/mol. The second kappa shape index (κ2) is 7.95. The van der Waals surface area contributed by atoms with E-state index in [4.69, 9.17) is 34.8 Å². The van der Waals surface area contributed by atoms with Gasteiger partial charge in [0.25, 0.3) is 0 Å². The third-order valence-corrected chi connectivity index (χ3v) is 5.38. The molecule has 2 aromatic heterocycles. The Kier molecular flexibility index (Phi) is 5.79. The lowest BCUT2D eigenvalue weighted by Crippen LogP contribution is -2.25. The van der Waals surface area contributed by atoms with Gasteiger partial charge >= 0.3 is 5.97 Å². The molecule has 0 aliphatic rings. The summed E-state index contributed by atoms with van der Waals surface area (Å²) < 4.78 is 1.74. The van der Waals surface area contributed by atoms with Gasteiger partial charge in [0.2, 0.25) is 5.43 Å². The van der Waals surface area contributed by atoms with Gasteiger partial charge in [0.05, 0.1) is 16.4 Å². The van der Waals surface area contributed by atoms with Crippen LogP contribution in [0, 0.1) is 6.92 Å². The van der Waals surface area contributed by atoms with Crippen molar-refractivity contribution in [3.05, 3.63) is 73.1 Å². The zero-order valence-electron chi connectivity index (χ0n) is 15.0. The summed E-state index contributed by atoms with van der Waals surface area (Å²) in [7, 11) is 0. The molecule has 5 nitrogen and oxygen atoms in total. The van der Waals surface area contributed by atoms with Crippen LogP contribution in [0.25, 0.3) is 22.5 Å². The number of hydrogen-bond donors (Lipinski definition) is 1. The second-order valence-electron chi connectivity index (χ2n) is 6.04. The maximum absolute atomic E-state index is 13.2. The molecule has 8 heteroatoms. The number of nitrogens with zero attached hydrogens (tertiary/aromatic N) is 2. The van der Waals surface area contributed by atoms with Gasteiger partial charge in [0.15, 0.2) is 0 Å². The predicted molar refractivity (Wildman–Crippen MR) is 112 cm³/mol. The zero-order chi connectivity index (χ0) is 20.6. The van der Waals surface area contributed by atoms with Crippen molar-refractivity contribution in [1.29, 1.82) is 0 Å². The Hall–Kier alpha value is -2.34. The number of hydrogen-bond acceptors (Lipinski definition) is 3. The van der Waals surface area contributed by atoms with Gasteiger partial charge in [-0.05, 0) is 43.7 Å². The Bertz CT molecular complexity index is 1140. The summed E-state index contributed by atoms with van der Waals surface area (Å²) in [6.07, 6.45) is 0. The van der Waals surface area contributed by atoms with Crippen LogP contribution in [0.4, 0.5) is 0 Å². The van der Waals surface area contributed by atoms with Crippen molar-refractivity contribution >= 4 is 40.8 Å². The van der Waals surface area contributed by atoms with Crippen molar-refractivity contribution < 1.29 is 9.90 Å². The highest BCUT2D eigenvalue weighted by atomic mass is 35.5. The lowest BCUT2D eigenvalue weighted by atomic mass is 9.97. The Morgan fingerprint density at radius 2 is 1.75 bits per heavy atom. The van der Waals surface area contributed by atoms with E-state index in [9.17, 15) is 14.7 Å². The molecule has 0 aliphatic heterocycles. The standard InChI is InChI=1S/C20H15Cl3N2O3/c1-3-25-10(2)15(11-4-6-12(21)7-5-11)18(26)16(20(27)28)17(25)14-9-8-13(22)19(23)24-14/h4-9H,3H2,1-2H3,(H,27,28). The molecular formula is C20H15Cl3N2O3. The minimum absolute atomic E-state index is 0.0324. The van der Waals surface area contributed by atoms with Gasteiger partial charge in [-0.3, -0.25) is 4.79 Å². The van der Waals surface area contributed by atoms with Crippen molar-refractivity contribution in [2.24, 2.45) is 0 Å². The van der Waals surface area contributed by atoms with Crippen LogP contribution in [-0.4, -0.2) is 20.6 Å². The van der Waals surface area contributed by atoms with E-state index in [0.29, 0.717) is 28.4 Å². The summed E-state index contributed by atoms with van der Waals surface area (Å²) in [6.45, 7) is 4.04. The quantitative estimate of drug-likeness (QED) is 0.542. The first-order valence-corrected chi connectivity index (χ1v) is 9.48. The normalized spacial score (nSPS) is 10.9. The highest BCUT2D eigenvalue weighted by Crippen LogP contribution is 2.31. The van der Waals surface area contributed by atoms with Crippen LogP contribution in [-0.2, 0) is 6.54 Å². The predicted octanol–water partition coefficient (Wildman–Crippen LogP) is 5.56. The number of benzene rings is 1. The highest BCUT2D eigenvalue weighted by molar-refractivity contribution is 6.41. The fourth-order valence-electron chi connectivity index (χ4n) is 3.20. The highest BCUT2D eigenvalue weighted by Gasteiger charge is 2.26. The van der Waals surface area contributed by atoms with E-state index < -0.39 is 11.4 Å². The first-order valence-electron chi connectivity index (χ1n) is 8.35. The lowest BCUT2D eigenvalue weighted by molar-refractivity contribution is 0.0695. The topological polar surface area (TPSA) is 72.2 Å². The molecule has 0 saturated heterocycles. The zero-order valence-corrected chi connectivity index (χ0v) is 17.2. The molecule has 0 aliphatic carbocycles. The molecule has 0 atom stereocenters. The number of carboxylic acids is 1.